The van der Waals surface area contributed by atoms with Crippen LogP contribution < -0.4 is 5.32 Å². The summed E-state index contributed by atoms with van der Waals surface area (Å²) in [5.74, 6) is -1.19. The summed E-state index contributed by atoms with van der Waals surface area (Å²) in [6, 6.07) is 17.7. The van der Waals surface area contributed by atoms with Gasteiger partial charge in [-0.1, -0.05) is 35.9 Å². The normalized spacial score (nSPS) is 13.1. The lowest BCUT2D eigenvalue weighted by atomic mass is 9.97. The van der Waals surface area contributed by atoms with Crippen molar-refractivity contribution < 1.29 is 14.0 Å². The first-order valence-corrected chi connectivity index (χ1v) is 11.1. The van der Waals surface area contributed by atoms with Crippen molar-refractivity contribution in [2.45, 2.75) is 19.3 Å². The number of rotatable bonds is 6. The van der Waals surface area contributed by atoms with Gasteiger partial charge in [-0.3, -0.25) is 15.0 Å². The molecule has 1 aliphatic heterocycles. The van der Waals surface area contributed by atoms with E-state index >= 15 is 0 Å². The topological polar surface area (TPSA) is 73.3 Å². The standard InChI is InChI=1S/C26H23ClFN3O2/c27-19-8-10-20(11-9-19)30-26(33)21-6-2-1-5-17(21)16-24(32)22-12-7-18(15-23(22)28)25(29)31-13-3-4-14-31/h1-2,5-12,15,29H,3-4,13-14,16H2,(H,30,33). The highest BCUT2D eigenvalue weighted by molar-refractivity contribution is 6.30. The van der Waals surface area contributed by atoms with Gasteiger partial charge in [0.1, 0.15) is 11.7 Å². The summed E-state index contributed by atoms with van der Waals surface area (Å²) >= 11 is 5.88. The Bertz CT molecular complexity index is 1200. The van der Waals surface area contributed by atoms with E-state index in [1.165, 1.54) is 12.1 Å². The van der Waals surface area contributed by atoms with Crippen LogP contribution in [-0.2, 0) is 6.42 Å². The van der Waals surface area contributed by atoms with Crippen molar-refractivity contribution in [2.24, 2.45) is 0 Å². The lowest BCUT2D eigenvalue weighted by molar-refractivity contribution is 0.0988. The first-order valence-electron chi connectivity index (χ1n) is 10.7. The van der Waals surface area contributed by atoms with Crippen LogP contribution in [0, 0.1) is 11.2 Å². The average molecular weight is 464 g/mol. The number of Topliss-reactive ketones (excluding diaryl/α,β-unsaturated/α-hetero) is 1. The zero-order chi connectivity index (χ0) is 23.4. The molecule has 2 N–H and O–H groups in total. The Hall–Kier alpha value is -3.51. The molecule has 5 nitrogen and oxygen atoms in total. The Labute approximate surface area is 196 Å². The lowest BCUT2D eigenvalue weighted by Gasteiger charge is -2.18. The van der Waals surface area contributed by atoms with Crippen molar-refractivity contribution in [3.63, 3.8) is 0 Å². The van der Waals surface area contributed by atoms with E-state index in [2.05, 4.69) is 5.32 Å². The molecule has 1 amide bonds. The number of nitrogens with one attached hydrogen (secondary N) is 2. The van der Waals surface area contributed by atoms with E-state index in [1.807, 2.05) is 4.90 Å². The number of anilines is 1. The molecule has 0 aliphatic carbocycles. The van der Waals surface area contributed by atoms with Crippen molar-refractivity contribution >= 4 is 34.8 Å². The molecule has 0 spiro atoms. The Morgan fingerprint density at radius 3 is 2.36 bits per heavy atom. The van der Waals surface area contributed by atoms with E-state index in [4.69, 9.17) is 17.0 Å². The van der Waals surface area contributed by atoms with Crippen LogP contribution in [0.1, 0.15) is 44.7 Å². The summed E-state index contributed by atoms with van der Waals surface area (Å²) in [6.45, 7) is 1.58. The van der Waals surface area contributed by atoms with Gasteiger partial charge in [-0.05, 0) is 60.9 Å². The quantitative estimate of drug-likeness (QED) is 0.285. The molecule has 3 aromatic rings. The third-order valence-electron chi connectivity index (χ3n) is 5.68. The van der Waals surface area contributed by atoms with Gasteiger partial charge in [-0.15, -0.1) is 0 Å². The Morgan fingerprint density at radius 2 is 1.67 bits per heavy atom. The van der Waals surface area contributed by atoms with E-state index < -0.39 is 11.6 Å². The van der Waals surface area contributed by atoms with Gasteiger partial charge in [0, 0.05) is 41.3 Å². The van der Waals surface area contributed by atoms with Crippen LogP contribution in [0.2, 0.25) is 5.02 Å². The molecule has 7 heteroatoms. The van der Waals surface area contributed by atoms with Gasteiger partial charge < -0.3 is 10.2 Å². The highest BCUT2D eigenvalue weighted by Gasteiger charge is 2.20. The molecule has 1 fully saturated rings. The fourth-order valence-electron chi connectivity index (χ4n) is 3.91. The maximum atomic E-state index is 14.8. The molecule has 33 heavy (non-hydrogen) atoms. The summed E-state index contributed by atoms with van der Waals surface area (Å²) in [4.78, 5) is 27.6. The molecule has 0 aromatic heterocycles. The molecular formula is C26H23ClFN3O2. The number of carbonyl (C=O) groups excluding carboxylic acids is 2. The lowest BCUT2D eigenvalue weighted by Crippen LogP contribution is -2.27. The van der Waals surface area contributed by atoms with Gasteiger partial charge in [-0.2, -0.15) is 0 Å². The van der Waals surface area contributed by atoms with Gasteiger partial charge in [-0.25, -0.2) is 4.39 Å². The minimum atomic E-state index is -0.662. The Kier molecular flexibility index (Phi) is 6.84. The predicted molar refractivity (Wildman–Crippen MR) is 128 cm³/mol. The van der Waals surface area contributed by atoms with Crippen molar-refractivity contribution in [2.75, 3.05) is 18.4 Å². The zero-order valence-corrected chi connectivity index (χ0v) is 18.7. The Morgan fingerprint density at radius 1 is 0.970 bits per heavy atom. The fourth-order valence-corrected chi connectivity index (χ4v) is 4.03. The maximum Gasteiger partial charge on any atom is 0.255 e. The van der Waals surface area contributed by atoms with Crippen molar-refractivity contribution in [1.29, 1.82) is 5.41 Å². The molecule has 3 aromatic carbocycles. The minimum absolute atomic E-state index is 0.0547. The summed E-state index contributed by atoms with van der Waals surface area (Å²) in [5, 5.41) is 11.6. The van der Waals surface area contributed by atoms with Gasteiger partial charge >= 0.3 is 0 Å². The summed E-state index contributed by atoms with van der Waals surface area (Å²) in [6.07, 6.45) is 1.92. The second-order valence-electron chi connectivity index (χ2n) is 7.96. The van der Waals surface area contributed by atoms with Crippen molar-refractivity contribution in [3.05, 3.63) is 99.8 Å². The van der Waals surface area contributed by atoms with Crippen molar-refractivity contribution in [1.82, 2.24) is 4.90 Å². The summed E-state index contributed by atoms with van der Waals surface area (Å²) in [7, 11) is 0. The first-order chi connectivity index (χ1) is 15.9. The molecule has 1 saturated heterocycles. The summed E-state index contributed by atoms with van der Waals surface area (Å²) < 4.78 is 14.8. The van der Waals surface area contributed by atoms with Crippen LogP contribution in [0.5, 0.6) is 0 Å². The largest absolute Gasteiger partial charge is 0.357 e. The van der Waals surface area contributed by atoms with Crippen LogP contribution in [0.4, 0.5) is 10.1 Å². The number of amidine groups is 1. The molecule has 1 aliphatic rings. The molecule has 0 saturated carbocycles. The second-order valence-corrected chi connectivity index (χ2v) is 8.39. The number of hydrogen-bond donors (Lipinski definition) is 2. The number of nitrogens with zero attached hydrogens (tertiary/aromatic N) is 1. The van der Waals surface area contributed by atoms with Gasteiger partial charge in [0.05, 0.1) is 5.56 Å². The van der Waals surface area contributed by atoms with Gasteiger partial charge in [0.2, 0.25) is 0 Å². The maximum absolute atomic E-state index is 14.8. The number of likely N-dealkylation sites (tertiary alicyclic amines) is 1. The summed E-state index contributed by atoms with van der Waals surface area (Å²) in [5.41, 5.74) is 1.82. The smallest absolute Gasteiger partial charge is 0.255 e. The third-order valence-corrected chi connectivity index (χ3v) is 5.93. The van der Waals surface area contributed by atoms with E-state index in [9.17, 15) is 14.0 Å². The van der Waals surface area contributed by atoms with Crippen LogP contribution in [0.15, 0.2) is 66.7 Å². The minimum Gasteiger partial charge on any atom is -0.357 e. The average Bonchev–Trinajstić information content (AvgIpc) is 3.35. The molecule has 0 atom stereocenters. The van der Waals surface area contributed by atoms with E-state index in [1.54, 1.807) is 54.6 Å². The third kappa shape index (κ3) is 5.29. The predicted octanol–water partition coefficient (Wildman–Crippen LogP) is 5.58. The molecule has 0 unspecified atom stereocenters. The molecular weight excluding hydrogens is 441 g/mol. The molecule has 1 heterocycles. The highest BCUT2D eigenvalue weighted by atomic mass is 35.5. The zero-order valence-electron chi connectivity index (χ0n) is 17.9. The van der Waals surface area contributed by atoms with Crippen LogP contribution in [-0.4, -0.2) is 35.5 Å². The second kappa shape index (κ2) is 9.96. The molecule has 0 bridgehead atoms. The highest BCUT2D eigenvalue weighted by Crippen LogP contribution is 2.20. The fraction of sp³-hybridized carbons (Fsp3) is 0.192. The van der Waals surface area contributed by atoms with E-state index in [0.717, 1.165) is 25.9 Å². The number of carbonyl (C=O) groups is 2. The van der Waals surface area contributed by atoms with E-state index in [0.29, 0.717) is 27.4 Å². The first kappa shape index (κ1) is 22.7. The molecule has 0 radical (unpaired) electrons. The number of amides is 1. The number of halogens is 2. The van der Waals surface area contributed by atoms with Crippen LogP contribution >= 0.6 is 11.6 Å². The Balaban J connectivity index is 1.50. The van der Waals surface area contributed by atoms with Gasteiger partial charge in [0.15, 0.2) is 5.78 Å². The van der Waals surface area contributed by atoms with Crippen molar-refractivity contribution in [3.8, 4) is 0 Å². The number of ketones is 1. The van der Waals surface area contributed by atoms with E-state index in [-0.39, 0.29) is 23.7 Å². The SMILES string of the molecule is N=C(c1ccc(C(=O)Cc2ccccc2C(=O)Nc2ccc(Cl)cc2)c(F)c1)N1CCCC1. The number of hydrogen-bond acceptors (Lipinski definition) is 3. The molecule has 4 rings (SSSR count). The van der Waals surface area contributed by atoms with Gasteiger partial charge in [0.25, 0.3) is 5.91 Å². The van der Waals surface area contributed by atoms with Crippen LogP contribution in [0.3, 0.4) is 0 Å². The molecule has 168 valence electrons. The van der Waals surface area contributed by atoms with Crippen LogP contribution in [0.25, 0.3) is 0 Å². The number of benzene rings is 3. The monoisotopic (exact) mass is 463 g/mol.